The van der Waals surface area contributed by atoms with Crippen LogP contribution >= 0.6 is 0 Å². The van der Waals surface area contributed by atoms with Gasteiger partial charge in [-0.3, -0.25) is 0 Å². The second-order valence-corrected chi connectivity index (χ2v) is 8.14. The first-order valence-electron chi connectivity index (χ1n) is 11.4. The molecule has 0 radical (unpaired) electrons. The molecule has 0 atom stereocenters. The van der Waals surface area contributed by atoms with Crippen molar-refractivity contribution in [2.45, 2.75) is 33.4 Å². The zero-order chi connectivity index (χ0) is 25.6. The molecule has 182 valence electrons. The van der Waals surface area contributed by atoms with Crippen LogP contribution in [0.1, 0.15) is 42.5 Å². The zero-order valence-corrected chi connectivity index (χ0v) is 19.9. The molecule has 3 aromatic rings. The number of benzene rings is 3. The number of aryl methyl sites for hydroxylation is 1. The summed E-state index contributed by atoms with van der Waals surface area (Å²) in [5, 5.41) is 13.1. The predicted molar refractivity (Wildman–Crippen MR) is 136 cm³/mol. The Labute approximate surface area is 203 Å². The van der Waals surface area contributed by atoms with Crippen LogP contribution in [0.5, 0.6) is 0 Å². The van der Waals surface area contributed by atoms with Gasteiger partial charge >= 0.3 is 12.1 Å². The van der Waals surface area contributed by atoms with E-state index in [-0.39, 0.29) is 11.1 Å². The van der Waals surface area contributed by atoms with E-state index in [1.54, 1.807) is 6.92 Å². The number of halogens is 3. The molecule has 0 spiro atoms. The molecule has 0 fully saturated rings. The summed E-state index contributed by atoms with van der Waals surface area (Å²) in [7, 11) is 0. The number of carbonyl (C=O) groups is 1. The molecule has 0 saturated carbocycles. The smallest absolute Gasteiger partial charge is 0.416 e. The average Bonchev–Trinajstić information content (AvgIpc) is 2.82. The zero-order valence-electron chi connectivity index (χ0n) is 19.9. The molecular weight excluding hydrogens is 451 g/mol. The standard InChI is InChI=1S/C29H28F3NO2/c1-4-6-23(17-27(28(34)35)26-18-24(29(30,31)32)14-7-19(26)3)22-10-8-20(9-11-22)21-12-15-25(16-13-21)33-5-2/h6-18,33H,4-5H2,1-3H3,(H,34,35)/b23-6-,27-17+. The van der Waals surface area contributed by atoms with Gasteiger partial charge in [0.15, 0.2) is 0 Å². The predicted octanol–water partition coefficient (Wildman–Crippen LogP) is 8.07. The average molecular weight is 480 g/mol. The number of nitrogens with one attached hydrogen (secondary N) is 1. The molecule has 0 aliphatic rings. The van der Waals surface area contributed by atoms with E-state index >= 15 is 0 Å². The lowest BCUT2D eigenvalue weighted by Crippen LogP contribution is -2.08. The van der Waals surface area contributed by atoms with Gasteiger partial charge in [0.2, 0.25) is 0 Å². The van der Waals surface area contributed by atoms with Crippen molar-refractivity contribution in [1.29, 1.82) is 0 Å². The summed E-state index contributed by atoms with van der Waals surface area (Å²) >= 11 is 0. The Morgan fingerprint density at radius 1 is 0.943 bits per heavy atom. The highest BCUT2D eigenvalue weighted by atomic mass is 19.4. The Kier molecular flexibility index (Phi) is 8.18. The van der Waals surface area contributed by atoms with Gasteiger partial charge in [-0.1, -0.05) is 55.5 Å². The third-order valence-corrected chi connectivity index (χ3v) is 5.63. The normalized spacial score (nSPS) is 12.5. The van der Waals surface area contributed by atoms with Crippen LogP contribution in [0.2, 0.25) is 0 Å². The first-order valence-corrected chi connectivity index (χ1v) is 11.4. The SMILES string of the molecule is CC/C=C(/C=C(/C(=O)O)c1cc(C(F)(F)F)ccc1C)c1ccc(-c2ccc(NCC)cc2)cc1. The van der Waals surface area contributed by atoms with Crippen molar-refractivity contribution in [3.8, 4) is 11.1 Å². The Morgan fingerprint density at radius 3 is 2.06 bits per heavy atom. The Hall–Kier alpha value is -3.80. The van der Waals surface area contributed by atoms with Crippen LogP contribution in [0.4, 0.5) is 18.9 Å². The van der Waals surface area contributed by atoms with E-state index in [4.69, 9.17) is 0 Å². The van der Waals surface area contributed by atoms with Crippen LogP contribution in [0.15, 0.2) is 78.9 Å². The van der Waals surface area contributed by atoms with Crippen molar-refractivity contribution in [3.05, 3.63) is 101 Å². The molecule has 0 saturated heterocycles. The van der Waals surface area contributed by atoms with E-state index < -0.39 is 17.7 Å². The number of rotatable bonds is 8. The summed E-state index contributed by atoms with van der Waals surface area (Å²) in [6.45, 7) is 6.40. The highest BCUT2D eigenvalue weighted by molar-refractivity contribution is 6.18. The summed E-state index contributed by atoms with van der Waals surface area (Å²) in [5.41, 5.74) is 3.94. The topological polar surface area (TPSA) is 49.3 Å². The second-order valence-electron chi connectivity index (χ2n) is 8.14. The van der Waals surface area contributed by atoms with Gasteiger partial charge in [0, 0.05) is 12.2 Å². The molecule has 3 rings (SSSR count). The molecule has 2 N–H and O–H groups in total. The molecule has 0 unspecified atom stereocenters. The van der Waals surface area contributed by atoms with Crippen LogP contribution in [0, 0.1) is 6.92 Å². The van der Waals surface area contributed by atoms with Crippen molar-refractivity contribution in [1.82, 2.24) is 0 Å². The van der Waals surface area contributed by atoms with Gasteiger partial charge in [-0.2, -0.15) is 13.2 Å². The highest BCUT2D eigenvalue weighted by Crippen LogP contribution is 2.34. The van der Waals surface area contributed by atoms with Crippen LogP contribution in [-0.4, -0.2) is 17.6 Å². The van der Waals surface area contributed by atoms with Crippen molar-refractivity contribution < 1.29 is 23.1 Å². The highest BCUT2D eigenvalue weighted by Gasteiger charge is 2.31. The van der Waals surface area contributed by atoms with Crippen LogP contribution in [-0.2, 0) is 11.0 Å². The van der Waals surface area contributed by atoms with Crippen LogP contribution in [0.25, 0.3) is 22.3 Å². The molecule has 0 aliphatic heterocycles. The molecule has 0 heterocycles. The molecule has 3 aromatic carbocycles. The number of carboxylic acid groups (broad SMARTS) is 1. The minimum atomic E-state index is -4.56. The van der Waals surface area contributed by atoms with Crippen molar-refractivity contribution in [2.24, 2.45) is 0 Å². The Balaban J connectivity index is 2.00. The number of allylic oxidation sites excluding steroid dienone is 3. The molecule has 0 aliphatic carbocycles. The minimum Gasteiger partial charge on any atom is -0.478 e. The maximum absolute atomic E-state index is 13.3. The van der Waals surface area contributed by atoms with Crippen molar-refractivity contribution in [3.63, 3.8) is 0 Å². The quantitative estimate of drug-likeness (QED) is 0.254. The van der Waals surface area contributed by atoms with Gasteiger partial charge in [0.1, 0.15) is 0 Å². The number of hydrogen-bond donors (Lipinski definition) is 2. The Bertz CT molecular complexity index is 1240. The van der Waals surface area contributed by atoms with E-state index in [0.717, 1.165) is 41.1 Å². The maximum Gasteiger partial charge on any atom is 0.416 e. The molecule has 0 aromatic heterocycles. The number of hydrogen-bond acceptors (Lipinski definition) is 2. The van der Waals surface area contributed by atoms with Gasteiger partial charge in [-0.15, -0.1) is 0 Å². The summed E-state index contributed by atoms with van der Waals surface area (Å²) in [6, 6.07) is 18.9. The van der Waals surface area contributed by atoms with E-state index in [1.165, 1.54) is 12.1 Å². The van der Waals surface area contributed by atoms with E-state index in [0.29, 0.717) is 17.6 Å². The van der Waals surface area contributed by atoms with Crippen LogP contribution in [0.3, 0.4) is 0 Å². The fraction of sp³-hybridized carbons (Fsp3) is 0.207. The lowest BCUT2D eigenvalue weighted by Gasteiger charge is -2.13. The first-order chi connectivity index (χ1) is 16.6. The fourth-order valence-electron chi connectivity index (χ4n) is 3.82. The van der Waals surface area contributed by atoms with E-state index in [9.17, 15) is 23.1 Å². The molecule has 6 heteroatoms. The number of carboxylic acids is 1. The van der Waals surface area contributed by atoms with Crippen molar-refractivity contribution >= 4 is 22.8 Å². The lowest BCUT2D eigenvalue weighted by molar-refractivity contribution is -0.137. The van der Waals surface area contributed by atoms with Gasteiger partial charge in [0.25, 0.3) is 0 Å². The van der Waals surface area contributed by atoms with Crippen LogP contribution < -0.4 is 5.32 Å². The van der Waals surface area contributed by atoms with Crippen molar-refractivity contribution in [2.75, 3.05) is 11.9 Å². The third kappa shape index (κ3) is 6.41. The minimum absolute atomic E-state index is 0.0479. The lowest BCUT2D eigenvalue weighted by atomic mass is 9.93. The van der Waals surface area contributed by atoms with Gasteiger partial charge < -0.3 is 10.4 Å². The Morgan fingerprint density at radius 2 is 1.54 bits per heavy atom. The van der Waals surface area contributed by atoms with E-state index in [1.807, 2.05) is 68.5 Å². The molecule has 0 bridgehead atoms. The van der Waals surface area contributed by atoms with Gasteiger partial charge in [-0.05, 0) is 84.0 Å². The first kappa shape index (κ1) is 25.8. The molecule has 35 heavy (non-hydrogen) atoms. The molecule has 0 amide bonds. The molecular formula is C29H28F3NO2. The summed E-state index contributed by atoms with van der Waals surface area (Å²) < 4.78 is 39.8. The number of aliphatic carboxylic acids is 1. The second kappa shape index (κ2) is 11.1. The fourth-order valence-corrected chi connectivity index (χ4v) is 3.82. The maximum atomic E-state index is 13.3. The third-order valence-electron chi connectivity index (χ3n) is 5.63. The monoisotopic (exact) mass is 479 g/mol. The summed E-state index contributed by atoms with van der Waals surface area (Å²) in [5.74, 6) is -1.29. The number of alkyl halides is 3. The summed E-state index contributed by atoms with van der Waals surface area (Å²) in [4.78, 5) is 12.1. The molecule has 3 nitrogen and oxygen atoms in total. The largest absolute Gasteiger partial charge is 0.478 e. The number of anilines is 1. The van der Waals surface area contributed by atoms with Gasteiger partial charge in [-0.25, -0.2) is 4.79 Å². The summed E-state index contributed by atoms with van der Waals surface area (Å²) in [6.07, 6.45) is -0.608. The van der Waals surface area contributed by atoms with Gasteiger partial charge in [0.05, 0.1) is 11.1 Å². The van der Waals surface area contributed by atoms with E-state index in [2.05, 4.69) is 5.32 Å².